The van der Waals surface area contributed by atoms with E-state index in [9.17, 15) is 46.5 Å². The Labute approximate surface area is 476 Å². The number of benzene rings is 5. The van der Waals surface area contributed by atoms with E-state index >= 15 is 0 Å². The Hall–Kier alpha value is -9.06. The van der Waals surface area contributed by atoms with Crippen molar-refractivity contribution in [1.29, 1.82) is 10.5 Å². The Bertz CT molecular complexity index is 4000. The van der Waals surface area contributed by atoms with Gasteiger partial charge in [0, 0.05) is 96.8 Å². The molecule has 0 radical (unpaired) electrons. The van der Waals surface area contributed by atoms with Crippen LogP contribution in [-0.2, 0) is 52.6 Å². The quantitative estimate of drug-likeness (QED) is 0.0687. The van der Waals surface area contributed by atoms with Crippen LogP contribution in [0, 0.1) is 34.0 Å². The van der Waals surface area contributed by atoms with Crippen molar-refractivity contribution in [2.75, 3.05) is 46.6 Å². The summed E-state index contributed by atoms with van der Waals surface area (Å²) in [5.74, 6) is -1.20. The third-order valence-electron chi connectivity index (χ3n) is 16.1. The molecule has 5 aromatic carbocycles. The van der Waals surface area contributed by atoms with Crippen LogP contribution in [0.1, 0.15) is 74.2 Å². The normalized spacial score (nSPS) is 15.9. The fourth-order valence-corrected chi connectivity index (χ4v) is 11.9. The van der Waals surface area contributed by atoms with Crippen LogP contribution < -0.4 is 20.4 Å². The number of nitrogens with one attached hydrogen (secondary N) is 2. The molecule has 24 heteroatoms. The number of carbonyl (C=O) groups is 2. The average molecular weight is 1150 g/mol. The van der Waals surface area contributed by atoms with Crippen LogP contribution >= 0.6 is 11.6 Å². The van der Waals surface area contributed by atoms with Crippen LogP contribution in [0.3, 0.4) is 0 Å². The van der Waals surface area contributed by atoms with Gasteiger partial charge in [0.2, 0.25) is 0 Å². The van der Waals surface area contributed by atoms with Gasteiger partial charge in [-0.3, -0.25) is 19.2 Å². The number of halogens is 7. The molecule has 83 heavy (non-hydrogen) atoms. The Morgan fingerprint density at radius 1 is 0.723 bits per heavy atom. The van der Waals surface area contributed by atoms with Gasteiger partial charge in [0.25, 0.3) is 11.8 Å². The van der Waals surface area contributed by atoms with Crippen LogP contribution in [0.15, 0.2) is 104 Å². The molecule has 17 nitrogen and oxygen atoms in total. The van der Waals surface area contributed by atoms with Crippen molar-refractivity contribution in [3.05, 3.63) is 148 Å². The van der Waals surface area contributed by atoms with Gasteiger partial charge >= 0.3 is 12.4 Å². The number of amides is 2. The highest BCUT2D eigenvalue weighted by molar-refractivity contribution is 6.31. The van der Waals surface area contributed by atoms with Gasteiger partial charge in [-0.05, 0) is 138 Å². The number of fused-ring (bicyclic) bond motifs is 2. The zero-order chi connectivity index (χ0) is 58.1. The van der Waals surface area contributed by atoms with Crippen molar-refractivity contribution in [3.8, 4) is 57.3 Å². The Balaban J connectivity index is 0.844. The summed E-state index contributed by atoms with van der Waals surface area (Å²) in [6.45, 7) is 1.49. The highest BCUT2D eigenvalue weighted by Crippen LogP contribution is 2.53. The number of nitriles is 2. The lowest BCUT2D eigenvalue weighted by Gasteiger charge is -2.21. The zero-order valence-electron chi connectivity index (χ0n) is 44.7. The van der Waals surface area contributed by atoms with Gasteiger partial charge in [-0.2, -0.15) is 42.0 Å². The monoisotopic (exact) mass is 1150 g/mol. The Morgan fingerprint density at radius 3 is 2.10 bits per heavy atom. The fraction of sp³-hybridized carbons (Fsp3) is 0.305. The molecule has 422 valence electrons. The smallest absolute Gasteiger partial charge is 0.384 e. The minimum absolute atomic E-state index is 0.00672. The summed E-state index contributed by atoms with van der Waals surface area (Å²) >= 11 is 6.60. The largest absolute Gasteiger partial charge is 0.416 e. The number of hydrogen-bond donors (Lipinski definition) is 2. The summed E-state index contributed by atoms with van der Waals surface area (Å²) in [5, 5.41) is 48.7. The summed E-state index contributed by atoms with van der Waals surface area (Å²) in [4.78, 5) is 33.3. The molecule has 0 bridgehead atoms. The number of aromatic nitrogens is 8. The minimum atomic E-state index is -4.72. The molecule has 6 heterocycles. The molecule has 4 aliphatic rings. The minimum Gasteiger partial charge on any atom is -0.384 e. The third kappa shape index (κ3) is 10.5. The van der Waals surface area contributed by atoms with E-state index in [1.54, 1.807) is 94.8 Å². The molecule has 1 saturated carbocycles. The number of likely N-dealkylation sites (tertiary alicyclic amines) is 1. The number of aryl methyl sites for hydroxylation is 2. The van der Waals surface area contributed by atoms with Crippen molar-refractivity contribution < 1.29 is 35.9 Å². The van der Waals surface area contributed by atoms with Crippen LogP contribution in [0.5, 0.6) is 0 Å². The predicted octanol–water partition coefficient (Wildman–Crippen LogP) is 11.4. The number of alkyl halides is 6. The van der Waals surface area contributed by atoms with Crippen molar-refractivity contribution >= 4 is 46.2 Å². The second-order valence-electron chi connectivity index (χ2n) is 21.6. The second-order valence-corrected chi connectivity index (χ2v) is 22.0. The Kier molecular flexibility index (Phi) is 13.8. The first-order chi connectivity index (χ1) is 39.8. The van der Waals surface area contributed by atoms with E-state index < -0.39 is 41.2 Å². The molecular weight excluding hydrogens is 1100 g/mol. The molecule has 1 saturated heterocycles. The molecule has 12 rings (SSSR count). The van der Waals surface area contributed by atoms with E-state index in [1.165, 1.54) is 40.7 Å². The molecule has 2 amide bonds. The highest BCUT2D eigenvalue weighted by atomic mass is 35.5. The second kappa shape index (κ2) is 21.0. The van der Waals surface area contributed by atoms with Crippen molar-refractivity contribution in [2.45, 2.75) is 64.2 Å². The molecule has 2 fully saturated rings. The van der Waals surface area contributed by atoms with Gasteiger partial charge in [0.15, 0.2) is 11.6 Å². The highest BCUT2D eigenvalue weighted by Gasteiger charge is 2.48. The maximum absolute atomic E-state index is 14.9. The van der Waals surface area contributed by atoms with E-state index in [1.807, 2.05) is 0 Å². The van der Waals surface area contributed by atoms with Crippen molar-refractivity contribution in [2.24, 2.45) is 25.4 Å². The number of rotatable bonds is 16. The SMILES string of the molecule is Cn1cnnc1-c1ccc(Cl)cc1-c1cc(NCC(C#N)Cn2cnnc2-c2cnn(C)c2-c2cc(NCCC#N)cc(N3Cc4c(cc(CN5CCC6(CC6)C5)cc4C(F)(F)F)C3=O)c2)cc(N2Cc3c(cccc3C(F)(F)F)C2=O)c1. The lowest BCUT2D eigenvalue weighted by atomic mass is 9.97. The van der Waals surface area contributed by atoms with Gasteiger partial charge < -0.3 is 29.6 Å². The molecular formula is C59H50ClF6N15O2. The number of nitrogens with zero attached hydrogens (tertiary/aromatic N) is 13. The summed E-state index contributed by atoms with van der Waals surface area (Å²) in [6.07, 6.45) is -1.49. The molecule has 1 spiro atoms. The number of anilines is 4. The molecule has 8 aromatic rings. The van der Waals surface area contributed by atoms with Gasteiger partial charge in [-0.15, -0.1) is 20.4 Å². The number of hydrogen-bond acceptors (Lipinski definition) is 12. The maximum Gasteiger partial charge on any atom is 0.416 e. The van der Waals surface area contributed by atoms with Gasteiger partial charge in [-0.25, -0.2) is 0 Å². The molecule has 3 aromatic heterocycles. The van der Waals surface area contributed by atoms with Gasteiger partial charge in [0.05, 0.1) is 66.1 Å². The maximum atomic E-state index is 14.9. The van der Waals surface area contributed by atoms with Crippen molar-refractivity contribution in [3.63, 3.8) is 0 Å². The number of carbonyl (C=O) groups excluding carboxylic acids is 2. The molecule has 3 aliphatic heterocycles. The van der Waals surface area contributed by atoms with Gasteiger partial charge in [-0.1, -0.05) is 17.7 Å². The van der Waals surface area contributed by atoms with Crippen LogP contribution in [0.4, 0.5) is 49.1 Å². The van der Waals surface area contributed by atoms with Gasteiger partial charge in [0.1, 0.15) is 12.7 Å². The Morgan fingerprint density at radius 2 is 1.41 bits per heavy atom. The van der Waals surface area contributed by atoms with Crippen LogP contribution in [0.25, 0.3) is 45.2 Å². The first-order valence-corrected chi connectivity index (χ1v) is 27.0. The van der Waals surface area contributed by atoms with E-state index in [0.29, 0.717) is 79.4 Å². The molecule has 2 N–H and O–H groups in total. The summed E-state index contributed by atoms with van der Waals surface area (Å²) < 4.78 is 92.6. The summed E-state index contributed by atoms with van der Waals surface area (Å²) in [6, 6.07) is 26.2. The molecule has 1 atom stereocenters. The van der Waals surface area contributed by atoms with Crippen molar-refractivity contribution in [1.82, 2.24) is 44.2 Å². The van der Waals surface area contributed by atoms with E-state index in [-0.39, 0.29) is 72.5 Å². The first-order valence-electron chi connectivity index (χ1n) is 26.7. The third-order valence-corrected chi connectivity index (χ3v) is 16.3. The van der Waals surface area contributed by atoms with E-state index in [2.05, 4.69) is 53.2 Å². The lowest BCUT2D eigenvalue weighted by Crippen LogP contribution is -2.23. The standard InChI is InChI=1S/C59H50ClF6N15O2/c1-76-32-71-74-53(76)43-8-7-38(60)21-45(43)36-17-40(23-41(19-36)80-29-48-44(55(80)82)5-3-6-50(48)58(61,62)63)70-25-35(24-68)28-79-33-72-75-54(79)47-26-73-77(2)52(47)37-18-39(69-13-4-12-67)22-42(20-37)81-30-49-46(56(81)83)15-34(16-51(49)59(64,65)66)27-78-14-11-57(31-78)9-10-57/h3,5-8,15-23,26,32-33,35,69-70H,4,9-11,13-14,25,27-31H2,1-2H3. The first kappa shape index (κ1) is 54.5. The van der Waals surface area contributed by atoms with E-state index in [0.717, 1.165) is 38.4 Å². The summed E-state index contributed by atoms with van der Waals surface area (Å²) in [7, 11) is 3.46. The average Bonchev–Trinajstić information content (AvgIpc) is 3.23. The van der Waals surface area contributed by atoms with E-state index in [4.69, 9.17) is 11.6 Å². The van der Waals surface area contributed by atoms with Crippen LogP contribution in [-0.4, -0.2) is 82.2 Å². The molecule has 1 unspecified atom stereocenters. The zero-order valence-corrected chi connectivity index (χ0v) is 45.4. The fourth-order valence-electron chi connectivity index (χ4n) is 11.8. The summed E-state index contributed by atoms with van der Waals surface area (Å²) in [5.41, 5.74) is 3.26. The predicted molar refractivity (Wildman–Crippen MR) is 296 cm³/mol. The van der Waals surface area contributed by atoms with Crippen LogP contribution in [0.2, 0.25) is 5.02 Å². The lowest BCUT2D eigenvalue weighted by molar-refractivity contribution is -0.139. The topological polar surface area (TPSA) is 195 Å². The molecule has 1 aliphatic carbocycles.